The lowest BCUT2D eigenvalue weighted by atomic mass is 10.0. The fourth-order valence-corrected chi connectivity index (χ4v) is 5.09. The van der Waals surface area contributed by atoms with Gasteiger partial charge < -0.3 is 35.7 Å². The minimum absolute atomic E-state index is 0.00410. The van der Waals surface area contributed by atoms with Gasteiger partial charge in [-0.25, -0.2) is 19.4 Å². The smallest absolute Gasteiger partial charge is 0.357 e. The zero-order valence-corrected chi connectivity index (χ0v) is 22.7. The largest absolute Gasteiger partial charge is 0.477 e. The summed E-state index contributed by atoms with van der Waals surface area (Å²) in [6, 6.07) is 5.53. The van der Waals surface area contributed by atoms with E-state index in [1.165, 1.54) is 0 Å². The first-order valence-electron chi connectivity index (χ1n) is 13.6. The van der Waals surface area contributed by atoms with E-state index in [9.17, 15) is 29.4 Å². The zero-order valence-electron chi connectivity index (χ0n) is 22.7. The molecular weight excluding hydrogens is 516 g/mol. The van der Waals surface area contributed by atoms with E-state index in [1.807, 2.05) is 38.1 Å². The highest BCUT2D eigenvalue weighted by Crippen LogP contribution is 2.25. The number of imidazole rings is 1. The molecule has 0 spiro atoms. The number of aromatic amines is 2. The molecule has 214 valence electrons. The van der Waals surface area contributed by atoms with Crippen molar-refractivity contribution < 1.29 is 29.4 Å². The molecule has 1 aromatic carbocycles. The van der Waals surface area contributed by atoms with Crippen LogP contribution in [0.15, 0.2) is 30.5 Å². The first-order chi connectivity index (χ1) is 19.1. The van der Waals surface area contributed by atoms with E-state index in [-0.39, 0.29) is 24.2 Å². The number of aromatic nitrogens is 3. The second-order valence-electron chi connectivity index (χ2n) is 10.6. The van der Waals surface area contributed by atoms with Crippen LogP contribution in [0, 0.1) is 5.92 Å². The van der Waals surface area contributed by atoms with Gasteiger partial charge in [-0.1, -0.05) is 44.9 Å². The molecule has 0 radical (unpaired) electrons. The summed E-state index contributed by atoms with van der Waals surface area (Å²) in [5, 5.41) is 25.8. The average molecular weight is 553 g/mol. The van der Waals surface area contributed by atoms with Crippen LogP contribution < -0.4 is 10.6 Å². The van der Waals surface area contributed by atoms with Gasteiger partial charge in [-0.15, -0.1) is 0 Å². The highest BCUT2D eigenvalue weighted by Gasteiger charge is 2.31. The molecule has 2 atom stereocenters. The third-order valence-corrected chi connectivity index (χ3v) is 7.10. The lowest BCUT2D eigenvalue weighted by Crippen LogP contribution is -2.52. The van der Waals surface area contributed by atoms with Crippen LogP contribution in [-0.2, 0) is 11.2 Å². The zero-order chi connectivity index (χ0) is 28.8. The molecule has 0 unspecified atom stereocenters. The summed E-state index contributed by atoms with van der Waals surface area (Å²) in [4.78, 5) is 61.8. The Hall–Kier alpha value is -4.35. The predicted octanol–water partition coefficient (Wildman–Crippen LogP) is 3.69. The minimum atomic E-state index is -1.50. The van der Waals surface area contributed by atoms with E-state index in [0.29, 0.717) is 19.5 Å². The second-order valence-corrected chi connectivity index (χ2v) is 10.6. The number of carbonyl (C=O) groups is 4. The fourth-order valence-electron chi connectivity index (χ4n) is 5.09. The highest BCUT2D eigenvalue weighted by molar-refractivity contribution is 5.99. The van der Waals surface area contributed by atoms with E-state index in [1.54, 1.807) is 11.1 Å². The second kappa shape index (κ2) is 12.7. The molecule has 12 heteroatoms. The molecule has 12 nitrogen and oxygen atoms in total. The van der Waals surface area contributed by atoms with E-state index in [0.717, 1.165) is 42.1 Å². The maximum atomic E-state index is 13.7. The van der Waals surface area contributed by atoms with Crippen molar-refractivity contribution in [2.75, 3.05) is 13.1 Å². The third-order valence-electron chi connectivity index (χ3n) is 7.10. The van der Waals surface area contributed by atoms with Gasteiger partial charge >= 0.3 is 18.0 Å². The summed E-state index contributed by atoms with van der Waals surface area (Å²) in [5.41, 5.74) is 0.477. The molecule has 1 aliphatic heterocycles. The number of rotatable bonds is 10. The molecule has 1 fully saturated rings. The molecule has 1 saturated heterocycles. The van der Waals surface area contributed by atoms with Gasteiger partial charge in [0.25, 0.3) is 0 Å². The van der Waals surface area contributed by atoms with Gasteiger partial charge in [-0.3, -0.25) is 4.79 Å². The third kappa shape index (κ3) is 6.80. The molecule has 2 aromatic heterocycles. The van der Waals surface area contributed by atoms with Crippen LogP contribution in [0.1, 0.15) is 84.4 Å². The number of carboxylic acid groups (broad SMARTS) is 2. The molecular formula is C28H36N6O6. The number of hydrogen-bond acceptors (Lipinski definition) is 5. The summed E-state index contributed by atoms with van der Waals surface area (Å²) in [5.74, 6) is -3.36. The van der Waals surface area contributed by atoms with Crippen molar-refractivity contribution in [3.63, 3.8) is 0 Å². The Morgan fingerprint density at radius 2 is 1.70 bits per heavy atom. The van der Waals surface area contributed by atoms with Crippen LogP contribution >= 0.6 is 0 Å². The number of benzene rings is 1. The van der Waals surface area contributed by atoms with E-state index >= 15 is 0 Å². The molecule has 3 heterocycles. The SMILES string of the molecule is CC(C)C[C@H](NC(=O)N1CCCCCC1)C(=O)N[C@H](Cc1c[nH]c2ccccc12)c1nc(C(=O)O)c(C(=O)O)[nH]1. The molecule has 0 bridgehead atoms. The fraction of sp³-hybridized carbons (Fsp3) is 0.464. The van der Waals surface area contributed by atoms with E-state index in [2.05, 4.69) is 25.6 Å². The molecule has 3 amide bonds. The molecule has 40 heavy (non-hydrogen) atoms. The van der Waals surface area contributed by atoms with Crippen molar-refractivity contribution in [3.8, 4) is 0 Å². The monoisotopic (exact) mass is 552 g/mol. The molecule has 6 N–H and O–H groups in total. The summed E-state index contributed by atoms with van der Waals surface area (Å²) < 4.78 is 0. The van der Waals surface area contributed by atoms with Gasteiger partial charge in [0.15, 0.2) is 11.4 Å². The lowest BCUT2D eigenvalue weighted by Gasteiger charge is -2.27. The quantitative estimate of drug-likeness (QED) is 0.222. The van der Waals surface area contributed by atoms with Crippen LogP contribution in [0.5, 0.6) is 0 Å². The number of fused-ring (bicyclic) bond motifs is 1. The average Bonchev–Trinajstić information content (AvgIpc) is 3.44. The Labute approximate surface area is 231 Å². The van der Waals surface area contributed by atoms with Gasteiger partial charge in [-0.05, 0) is 36.8 Å². The Morgan fingerprint density at radius 3 is 2.33 bits per heavy atom. The molecule has 4 rings (SSSR count). The van der Waals surface area contributed by atoms with Crippen LogP contribution in [0.2, 0.25) is 0 Å². The molecule has 0 saturated carbocycles. The number of H-pyrrole nitrogens is 2. The van der Waals surface area contributed by atoms with Crippen molar-refractivity contribution in [2.24, 2.45) is 5.92 Å². The van der Waals surface area contributed by atoms with Crippen molar-refractivity contribution in [1.29, 1.82) is 0 Å². The summed E-state index contributed by atoms with van der Waals surface area (Å²) >= 11 is 0. The van der Waals surface area contributed by atoms with Gasteiger partial charge in [-0.2, -0.15) is 0 Å². The maximum Gasteiger partial charge on any atom is 0.357 e. The van der Waals surface area contributed by atoms with Crippen molar-refractivity contribution >= 4 is 34.8 Å². The van der Waals surface area contributed by atoms with E-state index in [4.69, 9.17) is 0 Å². The van der Waals surface area contributed by atoms with Crippen LogP contribution in [0.4, 0.5) is 4.79 Å². The van der Waals surface area contributed by atoms with Crippen LogP contribution in [-0.4, -0.2) is 73.1 Å². The Morgan fingerprint density at radius 1 is 1.00 bits per heavy atom. The van der Waals surface area contributed by atoms with Crippen molar-refractivity contribution in [1.82, 2.24) is 30.5 Å². The Kier molecular flexibility index (Phi) is 9.08. The van der Waals surface area contributed by atoms with Gasteiger partial charge in [0.05, 0.1) is 6.04 Å². The van der Waals surface area contributed by atoms with E-state index < -0.39 is 41.3 Å². The number of nitrogens with one attached hydrogen (secondary N) is 4. The van der Waals surface area contributed by atoms with Crippen LogP contribution in [0.3, 0.4) is 0 Å². The van der Waals surface area contributed by atoms with Gasteiger partial charge in [0, 0.05) is 36.6 Å². The van der Waals surface area contributed by atoms with Crippen LogP contribution in [0.25, 0.3) is 10.9 Å². The van der Waals surface area contributed by atoms with Crippen molar-refractivity contribution in [3.05, 3.63) is 53.2 Å². The van der Waals surface area contributed by atoms with Gasteiger partial charge in [0.2, 0.25) is 5.91 Å². The first-order valence-corrected chi connectivity index (χ1v) is 13.6. The number of aromatic carboxylic acids is 2. The lowest BCUT2D eigenvalue weighted by molar-refractivity contribution is -0.124. The maximum absolute atomic E-state index is 13.7. The van der Waals surface area contributed by atoms with Crippen molar-refractivity contribution in [2.45, 2.75) is 64.5 Å². The minimum Gasteiger partial charge on any atom is -0.477 e. The summed E-state index contributed by atoms with van der Waals surface area (Å²) in [6.45, 7) is 5.17. The molecule has 1 aliphatic rings. The number of urea groups is 1. The molecule has 0 aliphatic carbocycles. The Bertz CT molecular complexity index is 1340. The number of likely N-dealkylation sites (tertiary alicyclic amines) is 1. The number of para-hydroxylation sites is 1. The predicted molar refractivity (Wildman–Crippen MR) is 147 cm³/mol. The summed E-state index contributed by atoms with van der Waals surface area (Å²) in [6.07, 6.45) is 6.31. The highest BCUT2D eigenvalue weighted by atomic mass is 16.4. The molecule has 3 aromatic rings. The number of carbonyl (C=O) groups excluding carboxylic acids is 2. The summed E-state index contributed by atoms with van der Waals surface area (Å²) in [7, 11) is 0. The number of hydrogen-bond donors (Lipinski definition) is 6. The first kappa shape index (κ1) is 28.7. The normalized spacial score (nSPS) is 15.4. The van der Waals surface area contributed by atoms with Gasteiger partial charge in [0.1, 0.15) is 11.9 Å². The topological polar surface area (TPSA) is 181 Å². The number of amides is 3. The standard InChI is InChI=1S/C28H36N6O6/c1-16(2)13-21(31-28(40)34-11-7-3-4-8-12-34)25(35)30-20(14-17-15-29-19-10-6-5-9-18(17)19)24-32-22(26(36)37)23(33-24)27(38)39/h5-6,9-10,15-16,20-21,29H,3-4,7-8,11-14H2,1-2H3,(H,30,35)(H,31,40)(H,32,33)(H,36,37)(H,38,39)/t20-,21+/m1/s1. The number of nitrogens with zero attached hydrogens (tertiary/aromatic N) is 2. The number of carboxylic acids is 2. The Balaban J connectivity index is 1.63.